The van der Waals surface area contributed by atoms with Crippen LogP contribution in [0.3, 0.4) is 0 Å². The van der Waals surface area contributed by atoms with E-state index in [1.165, 1.54) is 32.4 Å². The number of Topliss-reactive ketones (excluding diaryl/α,β-unsaturated/α-hetero) is 1. The summed E-state index contributed by atoms with van der Waals surface area (Å²) in [5, 5.41) is 67.8. The Morgan fingerprint density at radius 1 is 1.00 bits per heavy atom. The number of aromatic nitrogens is 1. The zero-order valence-corrected chi connectivity index (χ0v) is 33.9. The molecule has 0 aromatic carbocycles. The summed E-state index contributed by atoms with van der Waals surface area (Å²) in [6.45, 7) is 12.2. The molecular formula is C43H60N2O12. The van der Waals surface area contributed by atoms with Crippen LogP contribution in [-0.2, 0) is 19.0 Å². The number of carbonyl (C=O) groups is 2. The number of aromatic hydroxyl groups is 1. The number of H-pyrrole nitrogens is 1. The van der Waals surface area contributed by atoms with Gasteiger partial charge < -0.3 is 55.2 Å². The Kier molecular flexibility index (Phi) is 17.3. The molecule has 1 amide bonds. The maximum Gasteiger partial charge on any atom is 0.262 e. The topological polar surface area (TPSA) is 228 Å². The summed E-state index contributed by atoms with van der Waals surface area (Å²) in [5.74, 6) is -5.55. The standard InChI is InChI=1S/C43H60N2O12/c1-9-11-13-21-31-42(6,7)38(50)39(51)43(54,57-31)28(10-2)40(52)44-23-17-16-19-26(4)36(55-8)27(5)37-35(49)34(48)30(56-37)20-15-12-14-18-25(3)33(47)32-29(46)22-24-45-41(32)53/h9,11-22,24,27-28,30-31,34-39,48-51,54H,10,23H2,1-8H3,(H,44,52)(H2,45,46,53)/b11-9+,14-12-,17-16+,20-15+,21-13+,25-18+,26-19+/t27-,28-,30-,31+,34+,35+,36-,37-,38+,39-,43-/m1/s1. The zero-order chi connectivity index (χ0) is 42.7. The number of ketones is 1. The van der Waals surface area contributed by atoms with Crippen LogP contribution in [0.1, 0.15) is 65.2 Å². The molecule has 8 N–H and O–H groups in total. The fourth-order valence-corrected chi connectivity index (χ4v) is 7.12. The molecule has 14 nitrogen and oxygen atoms in total. The minimum Gasteiger partial charge on any atom is -0.507 e. The van der Waals surface area contributed by atoms with Crippen LogP contribution in [-0.4, -0.2) is 116 Å². The first-order chi connectivity index (χ1) is 26.9. The molecule has 1 aromatic heterocycles. The van der Waals surface area contributed by atoms with Gasteiger partial charge in [0.05, 0.1) is 30.3 Å². The van der Waals surface area contributed by atoms with Crippen molar-refractivity contribution in [3.05, 3.63) is 112 Å². The number of allylic oxidation sites excluding steroid dienone is 10. The van der Waals surface area contributed by atoms with E-state index in [9.17, 15) is 45.0 Å². The highest BCUT2D eigenvalue weighted by molar-refractivity contribution is 6.09. The van der Waals surface area contributed by atoms with Gasteiger partial charge in [0.2, 0.25) is 11.7 Å². The highest BCUT2D eigenvalue weighted by atomic mass is 16.7. The second-order valence-electron chi connectivity index (χ2n) is 15.0. The third-order valence-electron chi connectivity index (χ3n) is 10.7. The monoisotopic (exact) mass is 796 g/mol. The second kappa shape index (κ2) is 21.0. The molecule has 0 bridgehead atoms. The lowest BCUT2D eigenvalue weighted by Crippen LogP contribution is -2.69. The molecule has 0 spiro atoms. The summed E-state index contributed by atoms with van der Waals surface area (Å²) < 4.78 is 17.8. The largest absolute Gasteiger partial charge is 0.507 e. The number of aliphatic hydroxyl groups is 5. The van der Waals surface area contributed by atoms with Crippen molar-refractivity contribution in [3.8, 4) is 5.75 Å². The predicted molar refractivity (Wildman–Crippen MR) is 215 cm³/mol. The van der Waals surface area contributed by atoms with Gasteiger partial charge in [0.25, 0.3) is 5.56 Å². The van der Waals surface area contributed by atoms with E-state index in [1.807, 2.05) is 26.8 Å². The Bertz CT molecular complexity index is 1810. The molecule has 2 saturated heterocycles. The Balaban J connectivity index is 1.60. The Hall–Kier alpha value is -4.25. The molecule has 0 aliphatic carbocycles. The van der Waals surface area contributed by atoms with Gasteiger partial charge in [0.1, 0.15) is 35.7 Å². The van der Waals surface area contributed by atoms with Crippen LogP contribution in [0, 0.1) is 17.3 Å². The first-order valence-corrected chi connectivity index (χ1v) is 19.1. The molecule has 57 heavy (non-hydrogen) atoms. The average Bonchev–Trinajstić information content (AvgIpc) is 3.45. The third kappa shape index (κ3) is 11.0. The summed E-state index contributed by atoms with van der Waals surface area (Å²) in [7, 11) is 1.52. The number of aromatic amines is 1. The van der Waals surface area contributed by atoms with Crippen LogP contribution in [0.5, 0.6) is 5.75 Å². The summed E-state index contributed by atoms with van der Waals surface area (Å²) in [5.41, 5.74) is -1.02. The van der Waals surface area contributed by atoms with E-state index in [2.05, 4.69) is 10.3 Å². The van der Waals surface area contributed by atoms with E-state index in [0.29, 0.717) is 0 Å². The van der Waals surface area contributed by atoms with Crippen molar-refractivity contribution in [2.24, 2.45) is 17.3 Å². The van der Waals surface area contributed by atoms with Crippen molar-refractivity contribution in [2.75, 3.05) is 13.7 Å². The Morgan fingerprint density at radius 2 is 1.68 bits per heavy atom. The number of methoxy groups -OCH3 is 1. The lowest BCUT2D eigenvalue weighted by molar-refractivity contribution is -0.359. The lowest BCUT2D eigenvalue weighted by atomic mass is 9.71. The number of amides is 1. The van der Waals surface area contributed by atoms with Crippen molar-refractivity contribution in [1.29, 1.82) is 0 Å². The number of hydrogen-bond acceptors (Lipinski definition) is 12. The number of hydrogen-bond donors (Lipinski definition) is 8. The van der Waals surface area contributed by atoms with Crippen LogP contribution in [0.2, 0.25) is 0 Å². The fraction of sp³-hybridized carbons (Fsp3) is 0.512. The Morgan fingerprint density at radius 3 is 2.32 bits per heavy atom. The summed E-state index contributed by atoms with van der Waals surface area (Å²) >= 11 is 0. The van der Waals surface area contributed by atoms with Crippen LogP contribution in [0.25, 0.3) is 0 Å². The van der Waals surface area contributed by atoms with Crippen molar-refractivity contribution < 1.29 is 54.4 Å². The van der Waals surface area contributed by atoms with Crippen molar-refractivity contribution in [3.63, 3.8) is 0 Å². The molecule has 314 valence electrons. The van der Waals surface area contributed by atoms with Crippen LogP contribution < -0.4 is 10.9 Å². The molecule has 14 heteroatoms. The predicted octanol–water partition coefficient (Wildman–Crippen LogP) is 3.07. The summed E-state index contributed by atoms with van der Waals surface area (Å²) in [4.78, 5) is 40.2. The number of pyridine rings is 1. The zero-order valence-electron chi connectivity index (χ0n) is 33.9. The normalized spacial score (nSPS) is 30.2. The number of rotatable bonds is 17. The molecule has 11 atom stereocenters. The third-order valence-corrected chi connectivity index (χ3v) is 10.7. The number of ether oxygens (including phenoxy) is 3. The maximum absolute atomic E-state index is 13.3. The van der Waals surface area contributed by atoms with E-state index in [1.54, 1.807) is 81.5 Å². The van der Waals surface area contributed by atoms with Crippen LogP contribution in [0.4, 0.5) is 0 Å². The van der Waals surface area contributed by atoms with Crippen molar-refractivity contribution >= 4 is 11.7 Å². The molecule has 3 rings (SSSR count). The van der Waals surface area contributed by atoms with Gasteiger partial charge in [0, 0.05) is 31.2 Å². The molecule has 2 fully saturated rings. The van der Waals surface area contributed by atoms with Gasteiger partial charge in [-0.15, -0.1) is 0 Å². The van der Waals surface area contributed by atoms with Gasteiger partial charge >= 0.3 is 0 Å². The highest BCUT2D eigenvalue weighted by Gasteiger charge is 2.60. The lowest BCUT2D eigenvalue weighted by Gasteiger charge is -2.53. The number of carbonyl (C=O) groups excluding carboxylic acids is 2. The molecule has 0 saturated carbocycles. The Labute approximate surface area is 334 Å². The van der Waals surface area contributed by atoms with Gasteiger partial charge in [-0.05, 0) is 44.4 Å². The molecule has 1 aromatic rings. The van der Waals surface area contributed by atoms with E-state index in [0.717, 1.165) is 5.57 Å². The quantitative estimate of drug-likeness (QED) is 0.0647. The van der Waals surface area contributed by atoms with Gasteiger partial charge in [-0.2, -0.15) is 0 Å². The molecule has 3 heterocycles. The van der Waals surface area contributed by atoms with Crippen LogP contribution in [0.15, 0.2) is 101 Å². The molecule has 2 aliphatic heterocycles. The van der Waals surface area contributed by atoms with E-state index >= 15 is 0 Å². The van der Waals surface area contributed by atoms with Crippen molar-refractivity contribution in [1.82, 2.24) is 10.3 Å². The van der Waals surface area contributed by atoms with E-state index in [-0.39, 0.29) is 24.1 Å². The number of nitrogens with one attached hydrogen (secondary N) is 2. The smallest absolute Gasteiger partial charge is 0.262 e. The second-order valence-corrected chi connectivity index (χ2v) is 15.0. The first kappa shape index (κ1) is 47.1. The maximum atomic E-state index is 13.3. The highest BCUT2D eigenvalue weighted by Crippen LogP contribution is 2.44. The SMILES string of the molecule is C/C=C/C=C/[C@@H]1O[C@](O)([C@H](CC)C(=O)NC/C=C/C=C(\C)[C@@H](OC)[C@@H](C)[C@H]2O[C@H](/C=C/C=C\C=C(/C)C(=O)c3c(O)cc[nH]c3=O)[C@H](O)[C@@H]2O)[C@H](O)[C@H](O)C1(C)C. The minimum atomic E-state index is -2.34. The van der Waals surface area contributed by atoms with Crippen LogP contribution >= 0.6 is 0 Å². The molecule has 0 radical (unpaired) electrons. The van der Waals surface area contributed by atoms with E-state index in [4.69, 9.17) is 14.2 Å². The number of aliphatic hydroxyl groups excluding tert-OH is 4. The molecule has 0 unspecified atom stereocenters. The van der Waals surface area contributed by atoms with Gasteiger partial charge in [-0.25, -0.2) is 0 Å². The minimum absolute atomic E-state index is 0.0817. The fourth-order valence-electron chi connectivity index (χ4n) is 7.12. The van der Waals surface area contributed by atoms with Gasteiger partial charge in [0.15, 0.2) is 5.78 Å². The van der Waals surface area contributed by atoms with Crippen molar-refractivity contribution in [2.45, 2.75) is 110 Å². The molecular weight excluding hydrogens is 736 g/mol. The average molecular weight is 797 g/mol. The van der Waals surface area contributed by atoms with Gasteiger partial charge in [-0.3, -0.25) is 14.4 Å². The van der Waals surface area contributed by atoms with Gasteiger partial charge in [-0.1, -0.05) is 101 Å². The summed E-state index contributed by atoms with van der Waals surface area (Å²) in [6.07, 6.45) is 12.8. The molecule has 2 aliphatic rings. The van der Waals surface area contributed by atoms with E-state index < -0.39 is 94.9 Å². The summed E-state index contributed by atoms with van der Waals surface area (Å²) in [6, 6.07) is 1.22. The first-order valence-electron chi connectivity index (χ1n) is 19.1.